The predicted octanol–water partition coefficient (Wildman–Crippen LogP) is 3.70. The molecule has 13 heavy (non-hydrogen) atoms. The Balaban J connectivity index is 0. The van der Waals surface area contributed by atoms with E-state index < -0.39 is 0 Å². The van der Waals surface area contributed by atoms with Gasteiger partial charge in [-0.1, -0.05) is 51.0 Å². The van der Waals surface area contributed by atoms with Gasteiger partial charge in [0, 0.05) is 6.61 Å². The van der Waals surface area contributed by atoms with Gasteiger partial charge in [-0.2, -0.15) is 0 Å². The summed E-state index contributed by atoms with van der Waals surface area (Å²) in [5, 5.41) is 8.70. The van der Waals surface area contributed by atoms with Crippen LogP contribution in [0.25, 0.3) is 0 Å². The lowest BCUT2D eigenvalue weighted by Gasteiger charge is -2.00. The summed E-state index contributed by atoms with van der Waals surface area (Å²) in [5.74, 6) is 0. The Kier molecular flexibility index (Phi) is 16.1. The number of hydrogen-bond donors (Lipinski definition) is 1. The predicted molar refractivity (Wildman–Crippen MR) is 60.9 cm³/mol. The lowest BCUT2D eigenvalue weighted by molar-refractivity contribution is 0.298. The number of rotatable bonds is 5. The summed E-state index contributed by atoms with van der Waals surface area (Å²) in [4.78, 5) is 0. The molecule has 0 rings (SSSR count). The Morgan fingerprint density at radius 2 is 1.85 bits per heavy atom. The Bertz CT molecular complexity index is 126. The van der Waals surface area contributed by atoms with Crippen molar-refractivity contribution in [3.05, 3.63) is 23.8 Å². The minimum Gasteiger partial charge on any atom is -0.396 e. The molecule has 0 aliphatic rings. The molecule has 78 valence electrons. The molecular weight excluding hydrogens is 160 g/mol. The largest absolute Gasteiger partial charge is 0.396 e. The van der Waals surface area contributed by atoms with E-state index in [0.29, 0.717) is 0 Å². The van der Waals surface area contributed by atoms with Crippen molar-refractivity contribution in [1.29, 1.82) is 0 Å². The maximum Gasteiger partial charge on any atom is 0.0468 e. The number of aliphatic hydroxyl groups excluding tert-OH is 1. The minimum atomic E-state index is 0.267. The first-order chi connectivity index (χ1) is 6.35. The van der Waals surface area contributed by atoms with E-state index >= 15 is 0 Å². The molecule has 0 spiro atoms. The maximum atomic E-state index is 8.70. The first kappa shape index (κ1) is 14.9. The highest BCUT2D eigenvalue weighted by Gasteiger charge is 1.92. The van der Waals surface area contributed by atoms with Gasteiger partial charge < -0.3 is 5.11 Å². The third-order valence-electron chi connectivity index (χ3n) is 1.53. The van der Waals surface area contributed by atoms with Gasteiger partial charge in [0.1, 0.15) is 0 Å². The Morgan fingerprint density at radius 3 is 2.23 bits per heavy atom. The number of hydrogen-bond acceptors (Lipinski definition) is 1. The van der Waals surface area contributed by atoms with Gasteiger partial charge >= 0.3 is 0 Å². The van der Waals surface area contributed by atoms with Crippen molar-refractivity contribution >= 4 is 0 Å². The molecule has 0 aliphatic heterocycles. The van der Waals surface area contributed by atoms with Gasteiger partial charge in [-0.15, -0.1) is 0 Å². The topological polar surface area (TPSA) is 20.2 Å². The lowest BCUT2D eigenvalue weighted by Crippen LogP contribution is -1.87. The molecule has 0 radical (unpaired) electrons. The third-order valence-corrected chi connectivity index (χ3v) is 1.53. The van der Waals surface area contributed by atoms with Crippen LogP contribution in [-0.2, 0) is 0 Å². The molecule has 1 heteroatoms. The summed E-state index contributed by atoms with van der Waals surface area (Å²) >= 11 is 0. The molecule has 0 bridgehead atoms. The van der Waals surface area contributed by atoms with Crippen LogP contribution in [-0.4, -0.2) is 11.7 Å². The van der Waals surface area contributed by atoms with Crippen LogP contribution >= 0.6 is 0 Å². The molecule has 0 fully saturated rings. The SMILES string of the molecule is C/C=C\C=C(/CCC)CCO.CC. The fourth-order valence-electron chi connectivity index (χ4n) is 0.989. The minimum absolute atomic E-state index is 0.267. The van der Waals surface area contributed by atoms with Crippen LogP contribution in [0, 0.1) is 0 Å². The Hall–Kier alpha value is -0.560. The zero-order chi connectivity index (χ0) is 10.5. The van der Waals surface area contributed by atoms with Gasteiger partial charge in [0.15, 0.2) is 0 Å². The summed E-state index contributed by atoms with van der Waals surface area (Å²) in [5.41, 5.74) is 1.34. The average molecular weight is 184 g/mol. The quantitative estimate of drug-likeness (QED) is 0.646. The van der Waals surface area contributed by atoms with E-state index in [9.17, 15) is 0 Å². The lowest BCUT2D eigenvalue weighted by atomic mass is 10.1. The van der Waals surface area contributed by atoms with Crippen LogP contribution in [0.2, 0.25) is 0 Å². The summed E-state index contributed by atoms with van der Waals surface area (Å²) < 4.78 is 0. The van der Waals surface area contributed by atoms with Crippen LogP contribution in [0.3, 0.4) is 0 Å². The van der Waals surface area contributed by atoms with Gasteiger partial charge in [0.05, 0.1) is 0 Å². The first-order valence-corrected chi connectivity index (χ1v) is 5.26. The van der Waals surface area contributed by atoms with Crippen LogP contribution < -0.4 is 0 Å². The highest BCUT2D eigenvalue weighted by atomic mass is 16.2. The van der Waals surface area contributed by atoms with E-state index in [1.807, 2.05) is 32.9 Å². The molecule has 0 aromatic heterocycles. The normalized spacial score (nSPS) is 11.3. The standard InChI is InChI=1S/C10H18O.C2H6/c1-3-5-7-10(6-4-2)8-9-11;1-2/h3,5,7,11H,4,6,8-9H2,1-2H3;1-2H3/b5-3-,10-7+;. The maximum absolute atomic E-state index is 8.70. The second-order valence-corrected chi connectivity index (χ2v) is 2.57. The molecule has 1 nitrogen and oxygen atoms in total. The van der Waals surface area contributed by atoms with Crippen molar-refractivity contribution in [3.8, 4) is 0 Å². The van der Waals surface area contributed by atoms with Crippen molar-refractivity contribution in [1.82, 2.24) is 0 Å². The van der Waals surface area contributed by atoms with Crippen LogP contribution in [0.1, 0.15) is 47.0 Å². The summed E-state index contributed by atoms with van der Waals surface area (Å²) in [6.45, 7) is 8.42. The van der Waals surface area contributed by atoms with Crippen molar-refractivity contribution in [3.63, 3.8) is 0 Å². The van der Waals surface area contributed by atoms with Gasteiger partial charge in [-0.05, 0) is 19.8 Å². The summed E-state index contributed by atoms with van der Waals surface area (Å²) in [7, 11) is 0. The van der Waals surface area contributed by atoms with Crippen LogP contribution in [0.5, 0.6) is 0 Å². The fourth-order valence-corrected chi connectivity index (χ4v) is 0.989. The van der Waals surface area contributed by atoms with E-state index in [-0.39, 0.29) is 6.61 Å². The molecule has 0 aromatic rings. The molecule has 1 N–H and O–H groups in total. The average Bonchev–Trinajstić information content (AvgIpc) is 2.18. The molecule has 0 amide bonds. The summed E-state index contributed by atoms with van der Waals surface area (Å²) in [6, 6.07) is 0. The highest BCUT2D eigenvalue weighted by molar-refractivity contribution is 5.11. The van der Waals surface area contributed by atoms with E-state index in [2.05, 4.69) is 13.0 Å². The van der Waals surface area contributed by atoms with Gasteiger partial charge in [0.25, 0.3) is 0 Å². The third kappa shape index (κ3) is 11.4. The molecule has 0 saturated heterocycles. The summed E-state index contributed by atoms with van der Waals surface area (Å²) in [6.07, 6.45) is 9.21. The second kappa shape index (κ2) is 14.0. The molecule has 0 aromatic carbocycles. The highest BCUT2D eigenvalue weighted by Crippen LogP contribution is 2.08. The second-order valence-electron chi connectivity index (χ2n) is 2.57. The Morgan fingerprint density at radius 1 is 1.23 bits per heavy atom. The van der Waals surface area contributed by atoms with Crippen molar-refractivity contribution < 1.29 is 5.11 Å². The fraction of sp³-hybridized carbons (Fsp3) is 0.667. The van der Waals surface area contributed by atoms with Crippen LogP contribution in [0.15, 0.2) is 23.8 Å². The van der Waals surface area contributed by atoms with E-state index in [0.717, 1.165) is 19.3 Å². The molecule has 0 heterocycles. The van der Waals surface area contributed by atoms with E-state index in [4.69, 9.17) is 5.11 Å². The monoisotopic (exact) mass is 184 g/mol. The van der Waals surface area contributed by atoms with Gasteiger partial charge in [-0.25, -0.2) is 0 Å². The molecular formula is C12H24O. The number of aliphatic hydroxyl groups is 1. The van der Waals surface area contributed by atoms with Gasteiger partial charge in [-0.3, -0.25) is 0 Å². The smallest absolute Gasteiger partial charge is 0.0468 e. The molecule has 0 atom stereocenters. The van der Waals surface area contributed by atoms with E-state index in [1.165, 1.54) is 5.57 Å². The first-order valence-electron chi connectivity index (χ1n) is 5.26. The zero-order valence-corrected chi connectivity index (χ0v) is 9.51. The van der Waals surface area contributed by atoms with Crippen molar-refractivity contribution in [2.24, 2.45) is 0 Å². The number of allylic oxidation sites excluding steroid dienone is 3. The van der Waals surface area contributed by atoms with Crippen molar-refractivity contribution in [2.75, 3.05) is 6.61 Å². The van der Waals surface area contributed by atoms with Crippen LogP contribution in [0.4, 0.5) is 0 Å². The molecule has 0 saturated carbocycles. The van der Waals surface area contributed by atoms with Gasteiger partial charge in [0.2, 0.25) is 0 Å². The zero-order valence-electron chi connectivity index (χ0n) is 9.51. The van der Waals surface area contributed by atoms with Crippen molar-refractivity contribution in [2.45, 2.75) is 47.0 Å². The Labute approximate surface area is 83.2 Å². The molecule has 0 unspecified atom stereocenters. The van der Waals surface area contributed by atoms with E-state index in [1.54, 1.807) is 0 Å². The molecule has 0 aliphatic carbocycles.